The van der Waals surface area contributed by atoms with Crippen LogP contribution in [0.5, 0.6) is 5.75 Å². The molecular weight excluding hydrogens is 1980 g/mol. The Labute approximate surface area is 763 Å². The summed E-state index contributed by atoms with van der Waals surface area (Å²) < 4.78 is 33.2. The second kappa shape index (κ2) is 43.0. The number of oxazole rings is 2. The summed E-state index contributed by atoms with van der Waals surface area (Å²) in [6.07, 6.45) is 33.1. The molecule has 12 aromatic rings. The zero-order valence-electron chi connectivity index (χ0n) is 65.6. The molecule has 13 nitrogen and oxygen atoms in total. The first kappa shape index (κ1) is 89.4. The smallest absolute Gasteiger partial charge is 0.377 e. The van der Waals surface area contributed by atoms with Gasteiger partial charge >= 0.3 is 11.8 Å². The molecule has 5 aromatic heterocycles. The number of benzene rings is 7. The number of ether oxygens (including phenoxy) is 1. The molecule has 592 valence electrons. The number of nitrogens with zero attached hydrogens (tertiary/aromatic N) is 9. The summed E-state index contributed by atoms with van der Waals surface area (Å²) in [4.78, 5) is 25.1. The van der Waals surface area contributed by atoms with Crippen molar-refractivity contribution in [2.75, 3.05) is 59.4 Å². The number of rotatable bonds is 17. The molecule has 114 heavy (non-hydrogen) atoms. The van der Waals surface area contributed by atoms with Gasteiger partial charge < -0.3 is 129 Å². The topological polar surface area (TPSA) is 86.0 Å². The van der Waals surface area contributed by atoms with E-state index in [0.29, 0.717) is 6.54 Å². The Balaban J connectivity index is 0.000000161. The van der Waals surface area contributed by atoms with Crippen LogP contribution in [0.3, 0.4) is 0 Å². The molecule has 1 fully saturated rings. The third-order valence-electron chi connectivity index (χ3n) is 19.8. The van der Waals surface area contributed by atoms with E-state index in [2.05, 4.69) is 269 Å². The van der Waals surface area contributed by atoms with Gasteiger partial charge in [-0.15, -0.1) is 34.9 Å². The van der Waals surface area contributed by atoms with E-state index < -0.39 is 0 Å². The number of aryl methyl sites for hydroxylation is 4. The van der Waals surface area contributed by atoms with Gasteiger partial charge in [0.15, 0.2) is 12.0 Å². The summed E-state index contributed by atoms with van der Waals surface area (Å²) in [7, 11) is 4.20. The fourth-order valence-corrected chi connectivity index (χ4v) is 20.7. The number of aromatic nitrogens is 5. The van der Waals surface area contributed by atoms with Gasteiger partial charge in [-0.2, -0.15) is 18.3 Å². The number of hydrogen-bond acceptors (Lipinski definition) is 14. The van der Waals surface area contributed by atoms with Crippen LogP contribution in [0.15, 0.2) is 264 Å². The van der Waals surface area contributed by atoms with Gasteiger partial charge in [-0.3, -0.25) is 9.36 Å². The van der Waals surface area contributed by atoms with Crippen molar-refractivity contribution in [2.45, 2.75) is 98.8 Å². The Morgan fingerprint density at radius 2 is 1.25 bits per heavy atom. The van der Waals surface area contributed by atoms with E-state index in [9.17, 15) is 4.79 Å². The highest BCUT2D eigenvalue weighted by Crippen LogP contribution is 2.46. The van der Waals surface area contributed by atoms with Crippen LogP contribution in [-0.4, -0.2) is 54.2 Å². The maximum Gasteiger partial charge on any atom is 0.377 e. The zero-order chi connectivity index (χ0) is 76.0. The minimum absolute atomic E-state index is 0. The third-order valence-corrected chi connectivity index (χ3v) is 26.3. The molecule has 0 unspecified atom stereocenters. The number of thioether (sulfide) groups is 3. The Morgan fingerprint density at radius 1 is 0.596 bits per heavy atom. The van der Waals surface area contributed by atoms with Crippen molar-refractivity contribution in [1.82, 2.24) is 9.47 Å². The van der Waals surface area contributed by atoms with Crippen molar-refractivity contribution in [2.24, 2.45) is 7.05 Å². The molecule has 0 saturated carbocycles. The van der Waals surface area contributed by atoms with Crippen LogP contribution in [-0.2, 0) is 39.6 Å². The van der Waals surface area contributed by atoms with Gasteiger partial charge in [-0.05, 0) is 169 Å². The molecule has 5 aliphatic rings. The van der Waals surface area contributed by atoms with E-state index in [1.165, 1.54) is 103 Å². The Kier molecular flexibility index (Phi) is 33.7. The standard InChI is InChI=1S/C29H28N3O2S.C23H25N2OS2.C22H21N2OS.C17H21N2S2.4HI/c1-3-30-23-12-5-6-13-24(23)34-26(30)19-27-31(4-2)29(33)25(35-27)17-16-22-15-14-21-10-7-9-20-11-8-18-32(22)28(20)21;1-4-24-18-11-7-9-13-20(18)26-22(24)15-17(27-6-3)16-23-25(5-2)19-12-8-10-14-21(19)28-23;1-3-24-18-12-7-8-13-20(18)26-22(24)15-9-14-21-23(2)19(16-25-21)17-10-5-4-6-11-17;1-3-19-14-8-4-5-9-15(14)21-17(19)11-6-10-16-18(2)12-7-13-20-16;;;;/h5-7,9-10,12-17,19H,3-4,8,11,18H2,1-2H3;7-16H,4-6H2,1-3H3;4-16H,3H2,1-2H3;4-6,8-11H,3,7,12-13H2,1-2H3;4*1H/q4*+1;;;;/p-4/b22-16+,25-17-;;;;;;;. The monoisotopic (exact) mass is 2080 g/mol. The maximum absolute atomic E-state index is 13.2. The van der Waals surface area contributed by atoms with Crippen molar-refractivity contribution in [3.63, 3.8) is 0 Å². The summed E-state index contributed by atoms with van der Waals surface area (Å²) in [5, 5.41) is 5.21. The third kappa shape index (κ3) is 20.2. The molecule has 0 atom stereocenters. The highest BCUT2D eigenvalue weighted by atomic mass is 127. The first-order valence-electron chi connectivity index (χ1n) is 38.2. The van der Waals surface area contributed by atoms with E-state index in [1.807, 2.05) is 143 Å². The van der Waals surface area contributed by atoms with Crippen LogP contribution in [0.1, 0.15) is 94.2 Å². The van der Waals surface area contributed by atoms with Crippen molar-refractivity contribution in [1.29, 1.82) is 0 Å². The van der Waals surface area contributed by atoms with Crippen molar-refractivity contribution >= 4 is 154 Å². The summed E-state index contributed by atoms with van der Waals surface area (Å²) in [6.45, 7) is 22.4. The van der Waals surface area contributed by atoms with Crippen molar-refractivity contribution in [3.8, 4) is 17.0 Å². The van der Waals surface area contributed by atoms with Gasteiger partial charge in [0, 0.05) is 103 Å². The molecule has 0 N–H and O–H groups in total. The van der Waals surface area contributed by atoms with Crippen LogP contribution in [0.25, 0.3) is 79.2 Å². The van der Waals surface area contributed by atoms with Gasteiger partial charge in [0.2, 0.25) is 22.5 Å². The van der Waals surface area contributed by atoms with Crippen LogP contribution in [0.2, 0.25) is 0 Å². The summed E-state index contributed by atoms with van der Waals surface area (Å²) >= 11 is 10.8. The number of halogens is 4. The average Bonchev–Trinajstić information content (AvgIpc) is 1.32. The van der Waals surface area contributed by atoms with E-state index in [-0.39, 0.29) is 101 Å². The zero-order valence-corrected chi connectivity index (χ0v) is 79.1. The molecular formula is C91H95I4N9O4S6. The lowest BCUT2D eigenvalue weighted by Gasteiger charge is -2.35. The van der Waals surface area contributed by atoms with E-state index in [0.717, 1.165) is 124 Å². The van der Waals surface area contributed by atoms with E-state index in [1.54, 1.807) is 6.26 Å². The fourth-order valence-electron chi connectivity index (χ4n) is 14.4. The van der Waals surface area contributed by atoms with E-state index >= 15 is 0 Å². The second-order valence-corrected chi connectivity index (χ2v) is 33.2. The molecule has 0 bridgehead atoms. The lowest BCUT2D eigenvalue weighted by Crippen LogP contribution is -3.00. The van der Waals surface area contributed by atoms with Gasteiger partial charge in [-0.25, -0.2) is 0 Å². The summed E-state index contributed by atoms with van der Waals surface area (Å²) in [5.41, 5.74) is 14.4. The Bertz CT molecular complexity index is 5790. The Morgan fingerprint density at radius 3 is 1.97 bits per heavy atom. The van der Waals surface area contributed by atoms with Crippen molar-refractivity contribution < 1.29 is 128 Å². The predicted molar refractivity (Wildman–Crippen MR) is 467 cm³/mol. The largest absolute Gasteiger partial charge is 1.00 e. The molecule has 10 heterocycles. The molecule has 0 radical (unpaired) electrons. The minimum Gasteiger partial charge on any atom is -1.00 e. The SMILES string of the molecule is CCN1C(=CC=Cc2occ(-c3ccccc3)[n+]2C)Sc2ccccc21.CCSC(=Cc1sc2ccccc2[n+]1CC)C=C1Oc2ccccc2N1CC.CC[n+]1c(/C=C/C=C2\SCCCN2C)sc2ccccc21.CCn1c(=O)/c(=C/C=C2\C=Cc3cccc4c3N2CCC4)s/c1=C\c1oc2ccccc2[n+]1CC.[I-].[I-].[I-].[I-]. The van der Waals surface area contributed by atoms with Crippen LogP contribution < -0.4 is 148 Å². The van der Waals surface area contributed by atoms with E-state index in [4.69, 9.17) is 13.6 Å². The van der Waals surface area contributed by atoms with Crippen LogP contribution in [0, 0.1) is 0 Å². The number of para-hydroxylation sites is 8. The summed E-state index contributed by atoms with van der Waals surface area (Å²) in [6, 6.07) is 58.9. The quantitative estimate of drug-likeness (QED) is 0.0675. The second-order valence-electron chi connectivity index (χ2n) is 26.5. The van der Waals surface area contributed by atoms with Gasteiger partial charge in [0.1, 0.15) is 40.7 Å². The number of hydrogen-bond donors (Lipinski definition) is 0. The highest BCUT2D eigenvalue weighted by molar-refractivity contribution is 8.04. The number of anilines is 3. The van der Waals surface area contributed by atoms with Gasteiger partial charge in [0.25, 0.3) is 26.8 Å². The number of allylic oxidation sites excluding steroid dienone is 7. The lowest BCUT2D eigenvalue weighted by molar-refractivity contribution is -0.674. The first-order chi connectivity index (χ1) is 54.0. The maximum atomic E-state index is 13.2. The Hall–Kier alpha value is -6.94. The first-order valence-corrected chi connectivity index (χ1v) is 43.5. The molecule has 23 heteroatoms. The molecule has 17 rings (SSSR count). The van der Waals surface area contributed by atoms with Crippen LogP contribution >= 0.6 is 69.3 Å². The highest BCUT2D eigenvalue weighted by Gasteiger charge is 2.29. The van der Waals surface area contributed by atoms with Crippen LogP contribution in [0.4, 0.5) is 17.1 Å². The molecule has 5 aliphatic heterocycles. The molecule has 1 saturated heterocycles. The predicted octanol–water partition coefficient (Wildman–Crippen LogP) is 7.43. The normalized spacial score (nSPS) is 15.8. The molecule has 0 amide bonds. The average molecular weight is 2080 g/mol. The minimum atomic E-state index is 0. The molecule has 0 aliphatic carbocycles. The summed E-state index contributed by atoms with van der Waals surface area (Å²) in [5.74, 6) is 5.68. The van der Waals surface area contributed by atoms with Gasteiger partial charge in [-0.1, -0.05) is 151 Å². The fraction of sp³-hybridized carbons (Fsp3) is 0.242. The molecule has 0 spiro atoms. The number of fused-ring (bicyclic) bond motifs is 5. The van der Waals surface area contributed by atoms with Crippen molar-refractivity contribution in [3.05, 3.63) is 298 Å². The number of thiazole rings is 3. The lowest BCUT2D eigenvalue weighted by atomic mass is 9.94. The molecule has 7 aromatic carbocycles. The van der Waals surface area contributed by atoms with Gasteiger partial charge in [0.05, 0.1) is 43.8 Å².